The average Bonchev–Trinajstić information content (AvgIpc) is 3.42. The predicted molar refractivity (Wildman–Crippen MR) is 109 cm³/mol. The summed E-state index contributed by atoms with van der Waals surface area (Å²) in [6.07, 6.45) is 6.42. The van der Waals surface area contributed by atoms with Crippen LogP contribution in [0, 0.1) is 0 Å². The van der Waals surface area contributed by atoms with Gasteiger partial charge in [0.1, 0.15) is 5.76 Å². The highest BCUT2D eigenvalue weighted by molar-refractivity contribution is 6.06. The maximum absolute atomic E-state index is 12.9. The highest BCUT2D eigenvalue weighted by atomic mass is 16.5. The first-order valence-electron chi connectivity index (χ1n) is 9.96. The number of amides is 2. The van der Waals surface area contributed by atoms with Crippen molar-refractivity contribution in [3.05, 3.63) is 42.1 Å². The Bertz CT molecular complexity index is 1020. The van der Waals surface area contributed by atoms with Gasteiger partial charge in [-0.05, 0) is 31.9 Å². The predicted octanol–water partition coefficient (Wildman–Crippen LogP) is 1.64. The number of nitrogens with zero attached hydrogens (tertiary/aromatic N) is 3. The molecule has 2 amide bonds. The number of anilines is 1. The van der Waals surface area contributed by atoms with E-state index >= 15 is 0 Å². The lowest BCUT2D eigenvalue weighted by Crippen LogP contribution is -2.42. The van der Waals surface area contributed by atoms with E-state index in [0.29, 0.717) is 42.4 Å². The minimum atomic E-state index is -0.462. The first-order valence-corrected chi connectivity index (χ1v) is 9.96. The summed E-state index contributed by atoms with van der Waals surface area (Å²) in [4.78, 5) is 29.3. The van der Waals surface area contributed by atoms with Crippen molar-refractivity contribution >= 4 is 28.5 Å². The van der Waals surface area contributed by atoms with Gasteiger partial charge in [-0.15, -0.1) is 0 Å². The zero-order valence-corrected chi connectivity index (χ0v) is 16.7. The molecule has 0 radical (unpaired) electrons. The molecule has 0 atom stereocenters. The number of hydrogen-bond acceptors (Lipinski definition) is 7. The van der Waals surface area contributed by atoms with Crippen LogP contribution in [0.1, 0.15) is 35.9 Å². The summed E-state index contributed by atoms with van der Waals surface area (Å²) in [5, 5.41) is 8.60. The third kappa shape index (κ3) is 4.28. The van der Waals surface area contributed by atoms with Gasteiger partial charge in [-0.1, -0.05) is 0 Å². The molecule has 3 aromatic heterocycles. The van der Waals surface area contributed by atoms with E-state index in [1.54, 1.807) is 23.0 Å². The fourth-order valence-electron chi connectivity index (χ4n) is 3.44. The monoisotopic (exact) mass is 412 g/mol. The summed E-state index contributed by atoms with van der Waals surface area (Å²) in [6.45, 7) is 3.99. The Hall–Kier alpha value is -3.40. The van der Waals surface area contributed by atoms with Gasteiger partial charge in [0.05, 0.1) is 35.5 Å². The van der Waals surface area contributed by atoms with Crippen molar-refractivity contribution in [2.75, 3.05) is 18.5 Å². The van der Waals surface area contributed by atoms with Crippen LogP contribution in [0.15, 0.2) is 35.2 Å². The van der Waals surface area contributed by atoms with Gasteiger partial charge in [0.25, 0.3) is 5.91 Å². The summed E-state index contributed by atoms with van der Waals surface area (Å²) in [5.41, 5.74) is 6.57. The Morgan fingerprint density at radius 3 is 2.80 bits per heavy atom. The minimum Gasteiger partial charge on any atom is -0.469 e. The Labute approximate surface area is 172 Å². The number of nitrogens with one attached hydrogen (secondary N) is 3. The second-order valence-corrected chi connectivity index (χ2v) is 7.03. The van der Waals surface area contributed by atoms with Gasteiger partial charge in [0, 0.05) is 32.0 Å². The molecular weight excluding hydrogens is 388 g/mol. The summed E-state index contributed by atoms with van der Waals surface area (Å²) in [7, 11) is 0. The molecule has 4 rings (SSSR count). The third-order valence-electron chi connectivity index (χ3n) is 5.01. The van der Waals surface area contributed by atoms with Crippen LogP contribution in [0.4, 0.5) is 5.69 Å². The van der Waals surface area contributed by atoms with Crippen molar-refractivity contribution in [1.29, 1.82) is 0 Å². The van der Waals surface area contributed by atoms with Crippen LogP contribution >= 0.6 is 0 Å². The Morgan fingerprint density at radius 2 is 2.07 bits per heavy atom. The first-order chi connectivity index (χ1) is 14.7. The van der Waals surface area contributed by atoms with Crippen LogP contribution in [0.25, 0.3) is 11.0 Å². The number of aromatic nitrogens is 3. The number of hydrogen-bond donors (Lipinski definition) is 3. The topological polar surface area (TPSA) is 123 Å². The summed E-state index contributed by atoms with van der Waals surface area (Å²) in [5.74, 6) is -0.334. The molecular formula is C20H24N6O4. The zero-order valence-electron chi connectivity index (χ0n) is 16.7. The fourth-order valence-corrected chi connectivity index (χ4v) is 3.44. The summed E-state index contributed by atoms with van der Waals surface area (Å²) < 4.78 is 12.4. The lowest BCUT2D eigenvalue weighted by atomic mass is 10.1. The van der Waals surface area contributed by atoms with Gasteiger partial charge < -0.3 is 14.5 Å². The van der Waals surface area contributed by atoms with E-state index in [1.807, 2.05) is 6.92 Å². The second-order valence-electron chi connectivity index (χ2n) is 7.03. The molecule has 10 nitrogen and oxygen atoms in total. The fraction of sp³-hybridized carbons (Fsp3) is 0.400. The summed E-state index contributed by atoms with van der Waals surface area (Å²) >= 11 is 0. The Morgan fingerprint density at radius 1 is 1.23 bits per heavy atom. The molecule has 0 bridgehead atoms. The van der Waals surface area contributed by atoms with Crippen LogP contribution in [0.2, 0.25) is 0 Å². The van der Waals surface area contributed by atoms with E-state index in [4.69, 9.17) is 9.15 Å². The van der Waals surface area contributed by atoms with Crippen molar-refractivity contribution in [2.45, 2.75) is 38.8 Å². The molecule has 0 unspecified atom stereocenters. The first kappa shape index (κ1) is 19.9. The maximum atomic E-state index is 12.9. The Kier molecular flexibility index (Phi) is 5.94. The molecule has 4 heterocycles. The summed E-state index contributed by atoms with van der Waals surface area (Å²) in [6, 6.07) is 3.57. The third-order valence-corrected chi connectivity index (χ3v) is 5.01. The van der Waals surface area contributed by atoms with Gasteiger partial charge in [0.2, 0.25) is 5.91 Å². The van der Waals surface area contributed by atoms with Crippen molar-refractivity contribution in [3.8, 4) is 0 Å². The minimum absolute atomic E-state index is 0.0288. The lowest BCUT2D eigenvalue weighted by molar-refractivity contribution is -0.121. The number of aryl methyl sites for hydroxylation is 1. The number of furan rings is 1. The highest BCUT2D eigenvalue weighted by Crippen LogP contribution is 2.28. The maximum Gasteiger partial charge on any atom is 0.273 e. The van der Waals surface area contributed by atoms with E-state index < -0.39 is 5.91 Å². The molecule has 1 aliphatic heterocycles. The molecule has 30 heavy (non-hydrogen) atoms. The quantitative estimate of drug-likeness (QED) is 0.526. The highest BCUT2D eigenvalue weighted by Gasteiger charge is 2.22. The van der Waals surface area contributed by atoms with Gasteiger partial charge >= 0.3 is 0 Å². The lowest BCUT2D eigenvalue weighted by Gasteiger charge is -2.25. The second kappa shape index (κ2) is 8.95. The van der Waals surface area contributed by atoms with E-state index in [-0.39, 0.29) is 18.4 Å². The van der Waals surface area contributed by atoms with E-state index in [0.717, 1.165) is 18.2 Å². The number of fused-ring (bicyclic) bond motifs is 1. The molecule has 1 aliphatic rings. The van der Waals surface area contributed by atoms with E-state index in [9.17, 15) is 9.59 Å². The molecule has 3 aromatic rings. The van der Waals surface area contributed by atoms with Crippen LogP contribution in [-0.2, 0) is 22.5 Å². The van der Waals surface area contributed by atoms with Crippen LogP contribution in [-0.4, -0.2) is 45.8 Å². The Balaban J connectivity index is 1.54. The SMILES string of the molecule is CCn1ncc2c(NC3CCOCC3)c(C(=O)NNC(=O)Cc3ccco3)cnc21. The normalized spacial score (nSPS) is 14.6. The van der Waals surface area contributed by atoms with Crippen LogP contribution in [0.5, 0.6) is 0 Å². The molecule has 0 saturated carbocycles. The smallest absolute Gasteiger partial charge is 0.273 e. The number of carbonyl (C=O) groups excluding carboxylic acids is 2. The van der Waals surface area contributed by atoms with Crippen molar-refractivity contribution in [3.63, 3.8) is 0 Å². The van der Waals surface area contributed by atoms with E-state index in [1.165, 1.54) is 12.5 Å². The molecule has 0 spiro atoms. The van der Waals surface area contributed by atoms with Gasteiger partial charge in [-0.25, -0.2) is 9.67 Å². The number of hydrazine groups is 1. The molecule has 1 fully saturated rings. The molecule has 0 aliphatic carbocycles. The van der Waals surface area contributed by atoms with Gasteiger partial charge in [0.15, 0.2) is 5.65 Å². The molecule has 3 N–H and O–H groups in total. The van der Waals surface area contributed by atoms with Crippen molar-refractivity contribution < 1.29 is 18.7 Å². The van der Waals surface area contributed by atoms with Crippen molar-refractivity contribution in [2.24, 2.45) is 0 Å². The molecule has 1 saturated heterocycles. The average molecular weight is 412 g/mol. The largest absolute Gasteiger partial charge is 0.469 e. The van der Waals surface area contributed by atoms with Crippen LogP contribution in [0.3, 0.4) is 0 Å². The van der Waals surface area contributed by atoms with Gasteiger partial charge in [-0.3, -0.25) is 20.4 Å². The number of ether oxygens (including phenoxy) is 1. The van der Waals surface area contributed by atoms with Gasteiger partial charge in [-0.2, -0.15) is 5.10 Å². The molecule has 0 aromatic carbocycles. The van der Waals surface area contributed by atoms with Crippen molar-refractivity contribution in [1.82, 2.24) is 25.6 Å². The number of rotatable bonds is 6. The number of pyridine rings is 1. The van der Waals surface area contributed by atoms with E-state index in [2.05, 4.69) is 26.3 Å². The zero-order chi connectivity index (χ0) is 20.9. The van der Waals surface area contributed by atoms with Crippen LogP contribution < -0.4 is 16.2 Å². The standard InChI is InChI=1S/C20H24N6O4/c1-2-26-19-15(12-22-26)18(23-13-5-8-29-9-6-13)16(11-21-19)20(28)25-24-17(27)10-14-4-3-7-30-14/h3-4,7,11-13H,2,5-6,8-10H2,1H3,(H,21,23)(H,24,27)(H,25,28). The molecule has 158 valence electrons. The molecule has 10 heteroatoms. The number of carbonyl (C=O) groups is 2.